The van der Waals surface area contributed by atoms with Gasteiger partial charge in [0.05, 0.1) is 12.1 Å². The molecule has 2 aromatic rings. The maximum absolute atomic E-state index is 12.5. The van der Waals surface area contributed by atoms with Gasteiger partial charge in [0.15, 0.2) is 17.6 Å². The number of halogens is 3. The molecule has 0 aromatic heterocycles. The van der Waals surface area contributed by atoms with Crippen molar-refractivity contribution < 1.29 is 27.4 Å². The molecule has 1 unspecified atom stereocenters. The van der Waals surface area contributed by atoms with E-state index in [1.807, 2.05) is 12.1 Å². The lowest BCUT2D eigenvalue weighted by Crippen LogP contribution is -2.42. The number of anilines is 1. The summed E-state index contributed by atoms with van der Waals surface area (Å²) in [7, 11) is 0. The van der Waals surface area contributed by atoms with E-state index in [1.54, 1.807) is 12.1 Å². The van der Waals surface area contributed by atoms with E-state index in [4.69, 9.17) is 9.47 Å². The molecule has 1 aliphatic rings. The van der Waals surface area contributed by atoms with E-state index in [-0.39, 0.29) is 24.9 Å². The summed E-state index contributed by atoms with van der Waals surface area (Å²) in [4.78, 5) is 11.8. The van der Waals surface area contributed by atoms with Crippen LogP contribution in [0.15, 0.2) is 48.5 Å². The number of urea groups is 1. The molecule has 1 aliphatic heterocycles. The first-order valence-electron chi connectivity index (χ1n) is 7.52. The van der Waals surface area contributed by atoms with Gasteiger partial charge in [-0.2, -0.15) is 13.2 Å². The Morgan fingerprint density at radius 1 is 1.08 bits per heavy atom. The lowest BCUT2D eigenvalue weighted by Gasteiger charge is -2.26. The van der Waals surface area contributed by atoms with Crippen LogP contribution in [-0.2, 0) is 6.18 Å². The molecule has 2 N–H and O–H groups in total. The van der Waals surface area contributed by atoms with Gasteiger partial charge in [-0.25, -0.2) is 4.79 Å². The summed E-state index contributed by atoms with van der Waals surface area (Å²) >= 11 is 0. The lowest BCUT2D eigenvalue weighted by atomic mass is 10.2. The molecular weight excluding hydrogens is 337 g/mol. The number of ether oxygens (including phenoxy) is 2. The number of hydrogen-bond donors (Lipinski definition) is 2. The van der Waals surface area contributed by atoms with E-state index in [9.17, 15) is 18.0 Å². The zero-order valence-corrected chi connectivity index (χ0v) is 13.0. The lowest BCUT2D eigenvalue weighted by molar-refractivity contribution is -0.137. The quantitative estimate of drug-likeness (QED) is 0.886. The zero-order chi connectivity index (χ0) is 17.9. The number of fused-ring (bicyclic) bond motifs is 1. The molecule has 25 heavy (non-hydrogen) atoms. The van der Waals surface area contributed by atoms with Gasteiger partial charge in [-0.3, -0.25) is 0 Å². The van der Waals surface area contributed by atoms with Crippen molar-refractivity contribution in [3.63, 3.8) is 0 Å². The van der Waals surface area contributed by atoms with Gasteiger partial charge >= 0.3 is 12.2 Å². The molecule has 0 aliphatic carbocycles. The van der Waals surface area contributed by atoms with Crippen LogP contribution in [0.1, 0.15) is 5.56 Å². The Hall–Kier alpha value is -2.90. The number of nitrogens with one attached hydrogen (secondary N) is 2. The highest BCUT2D eigenvalue weighted by Crippen LogP contribution is 2.31. The average Bonchev–Trinajstić information content (AvgIpc) is 2.59. The molecular formula is C17H15F3N2O3. The maximum atomic E-state index is 12.5. The van der Waals surface area contributed by atoms with Crippen molar-refractivity contribution in [2.45, 2.75) is 12.3 Å². The molecule has 0 saturated carbocycles. The number of para-hydroxylation sites is 2. The number of alkyl halides is 3. The van der Waals surface area contributed by atoms with Gasteiger partial charge in [0.25, 0.3) is 0 Å². The van der Waals surface area contributed by atoms with Crippen molar-refractivity contribution in [3.05, 3.63) is 54.1 Å². The first-order valence-corrected chi connectivity index (χ1v) is 7.52. The van der Waals surface area contributed by atoms with E-state index in [1.165, 1.54) is 12.1 Å². The highest BCUT2D eigenvalue weighted by Gasteiger charge is 2.30. The SMILES string of the molecule is O=C(NCC1COc2ccccc2O1)Nc1ccc(C(F)(F)F)cc1. The average molecular weight is 352 g/mol. The van der Waals surface area contributed by atoms with E-state index >= 15 is 0 Å². The largest absolute Gasteiger partial charge is 0.486 e. The Labute approximate surface area is 141 Å². The summed E-state index contributed by atoms with van der Waals surface area (Å²) in [6.45, 7) is 0.484. The molecule has 1 heterocycles. The number of carbonyl (C=O) groups is 1. The topological polar surface area (TPSA) is 59.6 Å². The van der Waals surface area contributed by atoms with Crippen molar-refractivity contribution >= 4 is 11.7 Å². The third kappa shape index (κ3) is 4.34. The third-order valence-corrected chi connectivity index (χ3v) is 3.53. The van der Waals surface area contributed by atoms with Crippen molar-refractivity contribution in [2.24, 2.45) is 0 Å². The van der Waals surface area contributed by atoms with Gasteiger partial charge in [-0.15, -0.1) is 0 Å². The Bertz CT molecular complexity index is 748. The summed E-state index contributed by atoms with van der Waals surface area (Å²) in [5.74, 6) is 1.25. The molecule has 0 bridgehead atoms. The van der Waals surface area contributed by atoms with Crippen LogP contribution in [0.25, 0.3) is 0 Å². The van der Waals surface area contributed by atoms with Gasteiger partial charge in [-0.1, -0.05) is 12.1 Å². The normalized spacial score (nSPS) is 16.2. The number of benzene rings is 2. The second kappa shape index (κ2) is 6.92. The molecule has 2 amide bonds. The highest BCUT2D eigenvalue weighted by atomic mass is 19.4. The van der Waals surface area contributed by atoms with Crippen molar-refractivity contribution in [3.8, 4) is 11.5 Å². The molecule has 5 nitrogen and oxygen atoms in total. The van der Waals surface area contributed by atoms with E-state index in [2.05, 4.69) is 10.6 Å². The molecule has 0 saturated heterocycles. The van der Waals surface area contributed by atoms with E-state index < -0.39 is 17.8 Å². The molecule has 0 fully saturated rings. The first kappa shape index (κ1) is 16.9. The second-order valence-electron chi connectivity index (χ2n) is 5.41. The highest BCUT2D eigenvalue weighted by molar-refractivity contribution is 5.89. The summed E-state index contributed by atoms with van der Waals surface area (Å²) < 4.78 is 48.7. The van der Waals surface area contributed by atoms with Gasteiger partial charge in [-0.05, 0) is 36.4 Å². The van der Waals surface area contributed by atoms with Crippen LogP contribution in [-0.4, -0.2) is 25.3 Å². The standard InChI is InChI=1S/C17H15F3N2O3/c18-17(19,20)11-5-7-12(8-6-11)22-16(23)21-9-13-10-24-14-3-1-2-4-15(14)25-13/h1-8,13H,9-10H2,(H2,21,22,23). The van der Waals surface area contributed by atoms with Gasteiger partial charge in [0, 0.05) is 5.69 Å². The first-order chi connectivity index (χ1) is 11.9. The monoisotopic (exact) mass is 352 g/mol. The van der Waals surface area contributed by atoms with Crippen LogP contribution in [0, 0.1) is 0 Å². The van der Waals surface area contributed by atoms with Crippen LogP contribution in [0.5, 0.6) is 11.5 Å². The van der Waals surface area contributed by atoms with E-state index in [0.717, 1.165) is 12.1 Å². The zero-order valence-electron chi connectivity index (χ0n) is 13.0. The fraction of sp³-hybridized carbons (Fsp3) is 0.235. The molecule has 0 spiro atoms. The van der Waals surface area contributed by atoms with Crippen LogP contribution < -0.4 is 20.1 Å². The Morgan fingerprint density at radius 3 is 2.44 bits per heavy atom. The summed E-state index contributed by atoms with van der Waals surface area (Å²) in [5, 5.41) is 5.06. The Morgan fingerprint density at radius 2 is 1.76 bits per heavy atom. The van der Waals surface area contributed by atoms with Gasteiger partial charge in [0.1, 0.15) is 6.61 Å². The maximum Gasteiger partial charge on any atom is 0.416 e. The van der Waals surface area contributed by atoms with Gasteiger partial charge in [0.2, 0.25) is 0 Å². The fourth-order valence-corrected chi connectivity index (χ4v) is 2.29. The number of carbonyl (C=O) groups excluding carboxylic acids is 1. The van der Waals surface area contributed by atoms with Crippen LogP contribution in [0.2, 0.25) is 0 Å². The molecule has 8 heteroatoms. The van der Waals surface area contributed by atoms with E-state index in [0.29, 0.717) is 11.5 Å². The van der Waals surface area contributed by atoms with Crippen molar-refractivity contribution in [1.29, 1.82) is 0 Å². The fourth-order valence-electron chi connectivity index (χ4n) is 2.29. The Balaban J connectivity index is 1.49. The second-order valence-corrected chi connectivity index (χ2v) is 5.41. The molecule has 3 rings (SSSR count). The predicted octanol–water partition coefficient (Wildman–Crippen LogP) is 3.67. The molecule has 132 valence electrons. The van der Waals surface area contributed by atoms with Gasteiger partial charge < -0.3 is 20.1 Å². The summed E-state index contributed by atoms with van der Waals surface area (Å²) in [6.07, 6.45) is -4.76. The van der Waals surface area contributed by atoms with Crippen molar-refractivity contribution in [1.82, 2.24) is 5.32 Å². The van der Waals surface area contributed by atoms with Crippen LogP contribution >= 0.6 is 0 Å². The predicted molar refractivity (Wildman–Crippen MR) is 84.8 cm³/mol. The van der Waals surface area contributed by atoms with Crippen LogP contribution in [0.3, 0.4) is 0 Å². The number of amides is 2. The summed E-state index contributed by atoms with van der Waals surface area (Å²) in [6, 6.07) is 10.9. The number of rotatable bonds is 3. The molecule has 1 atom stereocenters. The third-order valence-electron chi connectivity index (χ3n) is 3.53. The van der Waals surface area contributed by atoms with Crippen molar-refractivity contribution in [2.75, 3.05) is 18.5 Å². The van der Waals surface area contributed by atoms with Crippen LogP contribution in [0.4, 0.5) is 23.7 Å². The minimum atomic E-state index is -4.41. The summed E-state index contributed by atoms with van der Waals surface area (Å²) in [5.41, 5.74) is -0.512. The minimum absolute atomic E-state index is 0.195. The molecule has 2 aromatic carbocycles. The number of hydrogen-bond acceptors (Lipinski definition) is 3. The smallest absolute Gasteiger partial charge is 0.416 e. The Kier molecular flexibility index (Phi) is 4.69. The minimum Gasteiger partial charge on any atom is -0.486 e. The molecule has 0 radical (unpaired) electrons.